The molecule has 1 heterocycles. The average molecular weight is 281 g/mol. The monoisotopic (exact) mass is 280 g/mol. The molecule has 1 aliphatic carbocycles. The van der Waals surface area contributed by atoms with Crippen molar-refractivity contribution in [1.82, 2.24) is 4.98 Å². The molecular weight excluding hydrogens is 264 g/mol. The molecule has 0 amide bonds. The number of aromatic nitrogens is 1. The summed E-state index contributed by atoms with van der Waals surface area (Å²) in [7, 11) is 0. The van der Waals surface area contributed by atoms with Crippen molar-refractivity contribution in [1.29, 1.82) is 0 Å². The van der Waals surface area contributed by atoms with Gasteiger partial charge in [-0.15, -0.1) is 11.3 Å². The smallest absolute Gasteiger partial charge is 0.101 e. The maximum Gasteiger partial charge on any atom is 0.101 e. The molecule has 0 radical (unpaired) electrons. The van der Waals surface area contributed by atoms with E-state index in [4.69, 9.17) is 22.3 Å². The van der Waals surface area contributed by atoms with Crippen LogP contribution in [-0.2, 0) is 5.41 Å². The Labute approximate surface area is 116 Å². The number of hydrogen-bond acceptors (Lipinski definition) is 3. The van der Waals surface area contributed by atoms with Crippen LogP contribution in [0, 0.1) is 0 Å². The highest BCUT2D eigenvalue weighted by Crippen LogP contribution is 2.41. The quantitative estimate of drug-likeness (QED) is 0.899. The Kier molecular flexibility index (Phi) is 3.31. The zero-order valence-electron chi connectivity index (χ0n) is 10.3. The molecule has 0 aliphatic heterocycles. The number of thiazole rings is 1. The van der Waals surface area contributed by atoms with Crippen molar-refractivity contribution in [3.8, 4) is 0 Å². The third kappa shape index (κ3) is 2.04. The normalized spacial score (nSPS) is 19.2. The van der Waals surface area contributed by atoms with Gasteiger partial charge in [-0.25, -0.2) is 4.98 Å². The van der Waals surface area contributed by atoms with E-state index in [2.05, 4.69) is 6.07 Å². The molecule has 0 saturated heterocycles. The molecule has 3 rings (SSSR count). The molecular formula is C14H17ClN2S. The van der Waals surface area contributed by atoms with Crippen molar-refractivity contribution in [2.75, 3.05) is 6.54 Å². The van der Waals surface area contributed by atoms with Crippen LogP contribution in [0.4, 0.5) is 0 Å². The van der Waals surface area contributed by atoms with Gasteiger partial charge in [0.15, 0.2) is 0 Å². The molecule has 1 aromatic carbocycles. The van der Waals surface area contributed by atoms with E-state index in [9.17, 15) is 0 Å². The number of fused-ring (bicyclic) bond motifs is 1. The van der Waals surface area contributed by atoms with Crippen LogP contribution >= 0.6 is 22.9 Å². The number of nitrogens with two attached hydrogens (primary N) is 1. The minimum atomic E-state index is 0.119. The lowest BCUT2D eigenvalue weighted by Crippen LogP contribution is -2.36. The standard InChI is InChI=1S/C14H17ClN2S/c15-10-4-5-12-11(8-10)17-13(18-12)14(9-16)6-2-1-3-7-14/h4-5,8H,1-3,6-7,9,16H2. The second-order valence-electron chi connectivity index (χ2n) is 5.18. The minimum Gasteiger partial charge on any atom is -0.329 e. The number of benzene rings is 1. The first-order valence-electron chi connectivity index (χ1n) is 6.50. The molecule has 96 valence electrons. The Bertz CT molecular complexity index is 558. The van der Waals surface area contributed by atoms with Gasteiger partial charge in [0.25, 0.3) is 0 Å². The SMILES string of the molecule is NCC1(c2nc3cc(Cl)ccc3s2)CCCCC1. The van der Waals surface area contributed by atoms with Gasteiger partial charge in [-0.05, 0) is 31.0 Å². The fourth-order valence-electron chi connectivity index (χ4n) is 2.86. The summed E-state index contributed by atoms with van der Waals surface area (Å²) >= 11 is 7.81. The van der Waals surface area contributed by atoms with Crippen LogP contribution in [-0.4, -0.2) is 11.5 Å². The summed E-state index contributed by atoms with van der Waals surface area (Å²) in [6.07, 6.45) is 6.23. The minimum absolute atomic E-state index is 0.119. The summed E-state index contributed by atoms with van der Waals surface area (Å²) in [6, 6.07) is 5.94. The van der Waals surface area contributed by atoms with E-state index in [1.165, 1.54) is 41.8 Å². The molecule has 1 saturated carbocycles. The molecule has 2 nitrogen and oxygen atoms in total. The van der Waals surface area contributed by atoms with Crippen molar-refractivity contribution >= 4 is 33.2 Å². The van der Waals surface area contributed by atoms with Crippen molar-refractivity contribution in [2.24, 2.45) is 5.73 Å². The van der Waals surface area contributed by atoms with Crippen molar-refractivity contribution in [2.45, 2.75) is 37.5 Å². The van der Waals surface area contributed by atoms with Crippen LogP contribution in [0.5, 0.6) is 0 Å². The third-order valence-corrected chi connectivity index (χ3v) is 5.52. The van der Waals surface area contributed by atoms with Gasteiger partial charge in [-0.3, -0.25) is 0 Å². The molecule has 1 fully saturated rings. The highest BCUT2D eigenvalue weighted by Gasteiger charge is 2.35. The van der Waals surface area contributed by atoms with Gasteiger partial charge in [0.05, 0.1) is 10.2 Å². The number of rotatable bonds is 2. The van der Waals surface area contributed by atoms with Gasteiger partial charge >= 0.3 is 0 Å². The summed E-state index contributed by atoms with van der Waals surface area (Å²) in [5, 5.41) is 1.96. The maximum atomic E-state index is 6.06. The lowest BCUT2D eigenvalue weighted by Gasteiger charge is -2.34. The largest absolute Gasteiger partial charge is 0.329 e. The van der Waals surface area contributed by atoms with Gasteiger partial charge in [-0.1, -0.05) is 30.9 Å². The first-order valence-corrected chi connectivity index (χ1v) is 7.70. The Morgan fingerprint density at radius 2 is 2.06 bits per heavy atom. The average Bonchev–Trinajstić information content (AvgIpc) is 2.83. The zero-order chi connectivity index (χ0) is 12.6. The Balaban J connectivity index is 2.06. The van der Waals surface area contributed by atoms with Crippen LogP contribution in [0.3, 0.4) is 0 Å². The van der Waals surface area contributed by atoms with E-state index in [1.807, 2.05) is 12.1 Å². The molecule has 4 heteroatoms. The fourth-order valence-corrected chi connectivity index (χ4v) is 4.23. The molecule has 0 unspecified atom stereocenters. The van der Waals surface area contributed by atoms with Crippen molar-refractivity contribution in [3.63, 3.8) is 0 Å². The number of nitrogens with zero attached hydrogens (tertiary/aromatic N) is 1. The van der Waals surface area contributed by atoms with E-state index in [0.717, 1.165) is 10.5 Å². The summed E-state index contributed by atoms with van der Waals surface area (Å²) < 4.78 is 1.22. The Hall–Kier alpha value is -0.640. The first kappa shape index (κ1) is 12.4. The van der Waals surface area contributed by atoms with E-state index < -0.39 is 0 Å². The molecule has 0 spiro atoms. The van der Waals surface area contributed by atoms with Gasteiger partial charge in [0.1, 0.15) is 5.01 Å². The summed E-state index contributed by atoms with van der Waals surface area (Å²) in [6.45, 7) is 0.709. The fraction of sp³-hybridized carbons (Fsp3) is 0.500. The van der Waals surface area contributed by atoms with Crippen molar-refractivity contribution in [3.05, 3.63) is 28.2 Å². The third-order valence-electron chi connectivity index (χ3n) is 4.00. The number of hydrogen-bond donors (Lipinski definition) is 1. The van der Waals surface area contributed by atoms with Crippen molar-refractivity contribution < 1.29 is 0 Å². The highest BCUT2D eigenvalue weighted by molar-refractivity contribution is 7.18. The second kappa shape index (κ2) is 4.80. The van der Waals surface area contributed by atoms with E-state index in [-0.39, 0.29) is 5.41 Å². The second-order valence-corrected chi connectivity index (χ2v) is 6.64. The topological polar surface area (TPSA) is 38.9 Å². The maximum absolute atomic E-state index is 6.06. The molecule has 2 N–H and O–H groups in total. The van der Waals surface area contributed by atoms with Gasteiger partial charge < -0.3 is 5.73 Å². The van der Waals surface area contributed by atoms with Crippen LogP contribution in [0.2, 0.25) is 5.02 Å². The van der Waals surface area contributed by atoms with Crippen LogP contribution in [0.1, 0.15) is 37.1 Å². The summed E-state index contributed by atoms with van der Waals surface area (Å²) in [5.74, 6) is 0. The lowest BCUT2D eigenvalue weighted by atomic mass is 9.74. The van der Waals surface area contributed by atoms with Crippen LogP contribution < -0.4 is 5.73 Å². The molecule has 1 aromatic heterocycles. The van der Waals surface area contributed by atoms with Gasteiger partial charge in [0.2, 0.25) is 0 Å². The summed E-state index contributed by atoms with van der Waals surface area (Å²) in [4.78, 5) is 4.79. The number of halogens is 1. The molecule has 18 heavy (non-hydrogen) atoms. The zero-order valence-corrected chi connectivity index (χ0v) is 11.9. The predicted molar refractivity (Wildman–Crippen MR) is 78.4 cm³/mol. The Morgan fingerprint density at radius 3 is 2.78 bits per heavy atom. The van der Waals surface area contributed by atoms with Gasteiger partial charge in [0, 0.05) is 17.0 Å². The van der Waals surface area contributed by atoms with Crippen LogP contribution in [0.25, 0.3) is 10.2 Å². The highest BCUT2D eigenvalue weighted by atomic mass is 35.5. The first-order chi connectivity index (χ1) is 8.73. The van der Waals surface area contributed by atoms with Crippen LogP contribution in [0.15, 0.2) is 18.2 Å². The van der Waals surface area contributed by atoms with E-state index >= 15 is 0 Å². The Morgan fingerprint density at radius 1 is 1.28 bits per heavy atom. The van der Waals surface area contributed by atoms with E-state index in [0.29, 0.717) is 6.54 Å². The van der Waals surface area contributed by atoms with Gasteiger partial charge in [-0.2, -0.15) is 0 Å². The molecule has 0 atom stereocenters. The van der Waals surface area contributed by atoms with E-state index in [1.54, 1.807) is 11.3 Å². The lowest BCUT2D eigenvalue weighted by molar-refractivity contribution is 0.300. The predicted octanol–water partition coefficient (Wildman–Crippen LogP) is 4.11. The molecule has 0 bridgehead atoms. The molecule has 2 aromatic rings. The summed E-state index contributed by atoms with van der Waals surface area (Å²) in [5.41, 5.74) is 7.20. The molecule has 1 aliphatic rings.